The Morgan fingerprint density at radius 1 is 1.16 bits per heavy atom. The number of H-pyrrole nitrogens is 1. The maximum absolute atomic E-state index is 13.4. The zero-order valence-electron chi connectivity index (χ0n) is 20.0. The third-order valence-corrected chi connectivity index (χ3v) is 5.75. The lowest BCUT2D eigenvalue weighted by Gasteiger charge is -2.32. The monoisotopic (exact) mass is 529 g/mol. The Kier molecular flexibility index (Phi) is 8.28. The molecule has 38 heavy (non-hydrogen) atoms. The molecular formula is C26H23F4N5O3. The van der Waals surface area contributed by atoms with Crippen LogP contribution in [0.1, 0.15) is 11.3 Å². The van der Waals surface area contributed by atoms with E-state index in [0.29, 0.717) is 44.5 Å². The molecule has 0 atom stereocenters. The Morgan fingerprint density at radius 2 is 1.95 bits per heavy atom. The van der Waals surface area contributed by atoms with Gasteiger partial charge in [0.15, 0.2) is 0 Å². The summed E-state index contributed by atoms with van der Waals surface area (Å²) in [7, 11) is 0. The number of aromatic nitrogens is 2. The van der Waals surface area contributed by atoms with Crippen LogP contribution in [0, 0.1) is 17.7 Å². The van der Waals surface area contributed by atoms with Crippen LogP contribution in [0.3, 0.4) is 0 Å². The van der Waals surface area contributed by atoms with Gasteiger partial charge < -0.3 is 19.9 Å². The predicted molar refractivity (Wildman–Crippen MR) is 131 cm³/mol. The highest BCUT2D eigenvalue weighted by Gasteiger charge is 2.33. The molecule has 0 aliphatic carbocycles. The smallest absolute Gasteiger partial charge is 0.432 e. The van der Waals surface area contributed by atoms with Gasteiger partial charge in [-0.3, -0.25) is 14.5 Å². The first-order valence-electron chi connectivity index (χ1n) is 11.6. The van der Waals surface area contributed by atoms with Crippen molar-refractivity contribution in [2.75, 3.05) is 44.6 Å². The molecule has 0 radical (unpaired) electrons. The summed E-state index contributed by atoms with van der Waals surface area (Å²) in [5.41, 5.74) is -0.243. The minimum atomic E-state index is -4.59. The second-order valence-electron chi connectivity index (χ2n) is 8.40. The number of aromatic amines is 1. The minimum absolute atomic E-state index is 0.0433. The van der Waals surface area contributed by atoms with Gasteiger partial charge in [-0.1, -0.05) is 12.0 Å². The Bertz CT molecular complexity index is 1350. The van der Waals surface area contributed by atoms with Gasteiger partial charge in [-0.05, 0) is 36.4 Å². The van der Waals surface area contributed by atoms with Gasteiger partial charge in [-0.2, -0.15) is 13.2 Å². The number of carbonyl (C=O) groups is 2. The zero-order chi connectivity index (χ0) is 27.1. The number of carbonyl (C=O) groups excluding carboxylic acids is 2. The molecule has 1 aromatic heterocycles. The fourth-order valence-electron chi connectivity index (χ4n) is 3.74. The van der Waals surface area contributed by atoms with Crippen molar-refractivity contribution in [3.8, 4) is 29.0 Å². The fraction of sp³-hybridized carbons (Fsp3) is 0.269. The van der Waals surface area contributed by atoms with Gasteiger partial charge in [-0.15, -0.1) is 0 Å². The van der Waals surface area contributed by atoms with Crippen LogP contribution in [0.5, 0.6) is 5.75 Å². The van der Waals surface area contributed by atoms with E-state index in [1.54, 1.807) is 11.0 Å². The van der Waals surface area contributed by atoms with Gasteiger partial charge in [-0.25, -0.2) is 9.37 Å². The van der Waals surface area contributed by atoms with Crippen LogP contribution < -0.4 is 10.1 Å². The van der Waals surface area contributed by atoms with Crippen molar-refractivity contribution in [1.82, 2.24) is 19.8 Å². The third kappa shape index (κ3) is 7.10. The van der Waals surface area contributed by atoms with Crippen LogP contribution in [0.4, 0.5) is 23.2 Å². The second-order valence-corrected chi connectivity index (χ2v) is 8.40. The van der Waals surface area contributed by atoms with Gasteiger partial charge in [0.1, 0.15) is 29.7 Å². The molecule has 2 aromatic carbocycles. The van der Waals surface area contributed by atoms with Crippen LogP contribution in [0.15, 0.2) is 48.7 Å². The highest BCUT2D eigenvalue weighted by Crippen LogP contribution is 2.33. The lowest BCUT2D eigenvalue weighted by atomic mass is 10.1. The number of halogens is 4. The molecule has 0 unspecified atom stereocenters. The molecule has 0 bridgehead atoms. The molecule has 4 rings (SSSR count). The average Bonchev–Trinajstić information content (AvgIpc) is 3.40. The number of ether oxygens (including phenoxy) is 1. The molecule has 0 saturated carbocycles. The summed E-state index contributed by atoms with van der Waals surface area (Å²) in [5.74, 6) is 3.95. The number of rotatable bonds is 7. The number of alkyl halides is 3. The SMILES string of the molecule is O=CN1CCN(CCOc2ccc(-c3ncc(C(F)(F)F)[nH]3)cc2NC(=O)C#Cc2cccc(F)c2)CC1. The van der Waals surface area contributed by atoms with E-state index >= 15 is 0 Å². The summed E-state index contributed by atoms with van der Waals surface area (Å²) in [6.07, 6.45) is -3.08. The summed E-state index contributed by atoms with van der Waals surface area (Å²) < 4.78 is 58.3. The maximum Gasteiger partial charge on any atom is 0.432 e. The van der Waals surface area contributed by atoms with E-state index in [1.165, 1.54) is 36.4 Å². The quantitative estimate of drug-likeness (QED) is 0.278. The molecule has 12 heteroatoms. The van der Waals surface area contributed by atoms with Crippen LogP contribution in [-0.2, 0) is 15.8 Å². The summed E-state index contributed by atoms with van der Waals surface area (Å²) >= 11 is 0. The average molecular weight is 529 g/mol. The molecule has 2 heterocycles. The van der Waals surface area contributed by atoms with E-state index in [-0.39, 0.29) is 29.4 Å². The molecular weight excluding hydrogens is 506 g/mol. The molecule has 0 spiro atoms. The van der Waals surface area contributed by atoms with Gasteiger partial charge in [0.05, 0.1) is 11.9 Å². The fourth-order valence-corrected chi connectivity index (χ4v) is 3.74. The van der Waals surface area contributed by atoms with E-state index in [0.717, 1.165) is 6.41 Å². The zero-order valence-corrected chi connectivity index (χ0v) is 20.0. The highest BCUT2D eigenvalue weighted by atomic mass is 19.4. The van der Waals surface area contributed by atoms with Gasteiger partial charge in [0.2, 0.25) is 6.41 Å². The molecule has 1 saturated heterocycles. The van der Waals surface area contributed by atoms with Crippen LogP contribution in [0.25, 0.3) is 11.4 Å². The molecule has 1 aliphatic rings. The van der Waals surface area contributed by atoms with E-state index in [4.69, 9.17) is 4.74 Å². The summed E-state index contributed by atoms with van der Waals surface area (Å²) in [6, 6.07) is 9.91. The Morgan fingerprint density at radius 3 is 2.63 bits per heavy atom. The number of hydrogen-bond acceptors (Lipinski definition) is 5. The van der Waals surface area contributed by atoms with E-state index in [1.807, 2.05) is 0 Å². The van der Waals surface area contributed by atoms with Crippen LogP contribution in [0.2, 0.25) is 0 Å². The number of piperazine rings is 1. The summed E-state index contributed by atoms with van der Waals surface area (Å²) in [5, 5.41) is 2.59. The Labute approximate surface area is 215 Å². The highest BCUT2D eigenvalue weighted by molar-refractivity contribution is 6.05. The van der Waals surface area contributed by atoms with Gasteiger partial charge in [0.25, 0.3) is 0 Å². The molecule has 2 N–H and O–H groups in total. The van der Waals surface area contributed by atoms with Crippen molar-refractivity contribution in [2.24, 2.45) is 0 Å². The number of nitrogens with zero attached hydrogens (tertiary/aromatic N) is 3. The number of nitrogens with one attached hydrogen (secondary N) is 2. The van der Waals surface area contributed by atoms with E-state index in [9.17, 15) is 27.2 Å². The van der Waals surface area contributed by atoms with Crippen molar-refractivity contribution in [2.45, 2.75) is 6.18 Å². The molecule has 1 aliphatic heterocycles. The van der Waals surface area contributed by atoms with Gasteiger partial charge in [0, 0.05) is 49.8 Å². The summed E-state index contributed by atoms with van der Waals surface area (Å²) in [4.78, 5) is 33.2. The predicted octanol–water partition coefficient (Wildman–Crippen LogP) is 3.38. The third-order valence-electron chi connectivity index (χ3n) is 5.75. The number of anilines is 1. The van der Waals surface area contributed by atoms with E-state index in [2.05, 4.69) is 32.0 Å². The van der Waals surface area contributed by atoms with Crippen molar-refractivity contribution in [3.05, 3.63) is 65.7 Å². The van der Waals surface area contributed by atoms with E-state index < -0.39 is 23.6 Å². The van der Waals surface area contributed by atoms with Crippen molar-refractivity contribution >= 4 is 18.0 Å². The number of benzene rings is 2. The van der Waals surface area contributed by atoms with Crippen LogP contribution in [-0.4, -0.2) is 71.4 Å². The van der Waals surface area contributed by atoms with Crippen molar-refractivity contribution in [3.63, 3.8) is 0 Å². The Hall–Kier alpha value is -4.37. The van der Waals surface area contributed by atoms with Gasteiger partial charge >= 0.3 is 12.1 Å². The standard InChI is InChI=1S/C26H23F4N5O3/c27-20-3-1-2-18(14-20)4-7-24(37)32-21-15-19(25-31-16-23(33-25)26(28,29)30)5-6-22(21)38-13-12-34-8-10-35(17-36)11-9-34/h1-3,5-6,14-17H,8-13H2,(H,31,33)(H,32,37). The van der Waals surface area contributed by atoms with Crippen molar-refractivity contribution < 1.29 is 31.9 Å². The summed E-state index contributed by atoms with van der Waals surface area (Å²) in [6.45, 7) is 3.45. The lowest BCUT2D eigenvalue weighted by molar-refractivity contribution is -0.140. The van der Waals surface area contributed by atoms with Crippen molar-refractivity contribution in [1.29, 1.82) is 0 Å². The normalized spacial score (nSPS) is 13.9. The molecule has 198 valence electrons. The number of hydrogen-bond donors (Lipinski definition) is 2. The first-order valence-corrected chi connectivity index (χ1v) is 11.6. The molecule has 3 aromatic rings. The molecule has 1 fully saturated rings. The number of imidazole rings is 1. The lowest BCUT2D eigenvalue weighted by Crippen LogP contribution is -2.46. The first-order chi connectivity index (χ1) is 18.2. The number of amides is 2. The topological polar surface area (TPSA) is 90.6 Å². The minimum Gasteiger partial charge on any atom is -0.490 e. The maximum atomic E-state index is 13.4. The molecule has 2 amide bonds. The Balaban J connectivity index is 1.51. The molecule has 8 nitrogen and oxygen atoms in total. The second kappa shape index (κ2) is 11.8. The largest absolute Gasteiger partial charge is 0.490 e. The first kappa shape index (κ1) is 26.7. The van der Waals surface area contributed by atoms with Crippen LogP contribution >= 0.6 is 0 Å².